The van der Waals surface area contributed by atoms with E-state index in [1.807, 2.05) is 39.0 Å². The number of anilines is 1. The first-order valence-electron chi connectivity index (χ1n) is 8.70. The molecule has 0 atom stereocenters. The van der Waals surface area contributed by atoms with Crippen molar-refractivity contribution in [2.45, 2.75) is 32.5 Å². The number of ether oxygens (including phenoxy) is 1. The molecule has 0 spiro atoms. The number of hydrogen-bond donors (Lipinski definition) is 2. The highest BCUT2D eigenvalue weighted by atomic mass is 35.5. The lowest BCUT2D eigenvalue weighted by atomic mass is 10.1. The first-order chi connectivity index (χ1) is 13.4. The number of halogens is 1. The van der Waals surface area contributed by atoms with Crippen molar-refractivity contribution in [3.63, 3.8) is 0 Å². The van der Waals surface area contributed by atoms with E-state index in [9.17, 15) is 4.79 Å². The number of aromatic amines is 1. The zero-order valence-corrected chi connectivity index (χ0v) is 17.4. The van der Waals surface area contributed by atoms with Crippen molar-refractivity contribution in [1.29, 1.82) is 0 Å². The molecular formula is C20H21ClN4O2S. The molecule has 0 aliphatic heterocycles. The maximum Gasteiger partial charge on any atom is 0.234 e. The SMILES string of the molecule is Cc1cc(C)cc(NC(=O)CSc2n[nH]c(COc3ccc(Cl)c(C)c3)n2)c1. The quantitative estimate of drug-likeness (QED) is 0.546. The zero-order valence-electron chi connectivity index (χ0n) is 15.9. The van der Waals surface area contributed by atoms with Gasteiger partial charge in [-0.3, -0.25) is 9.89 Å². The first kappa shape index (κ1) is 20.2. The number of aromatic nitrogens is 3. The Morgan fingerprint density at radius 1 is 1.18 bits per heavy atom. The Labute approximate surface area is 173 Å². The Morgan fingerprint density at radius 2 is 1.93 bits per heavy atom. The molecule has 6 nitrogen and oxygen atoms in total. The van der Waals surface area contributed by atoms with Gasteiger partial charge in [0.15, 0.2) is 5.82 Å². The van der Waals surface area contributed by atoms with E-state index in [1.165, 1.54) is 11.8 Å². The van der Waals surface area contributed by atoms with Gasteiger partial charge in [0.05, 0.1) is 5.75 Å². The molecule has 0 radical (unpaired) electrons. The van der Waals surface area contributed by atoms with E-state index in [0.29, 0.717) is 21.8 Å². The summed E-state index contributed by atoms with van der Waals surface area (Å²) in [5.74, 6) is 1.42. The number of amides is 1. The van der Waals surface area contributed by atoms with Crippen LogP contribution in [-0.4, -0.2) is 26.8 Å². The second-order valence-electron chi connectivity index (χ2n) is 6.48. The van der Waals surface area contributed by atoms with Gasteiger partial charge in [0.2, 0.25) is 11.1 Å². The number of thioether (sulfide) groups is 1. The average Bonchev–Trinajstić information content (AvgIpc) is 3.08. The molecule has 1 amide bonds. The van der Waals surface area contributed by atoms with E-state index in [2.05, 4.69) is 26.6 Å². The van der Waals surface area contributed by atoms with Crippen molar-refractivity contribution in [1.82, 2.24) is 15.2 Å². The predicted octanol–water partition coefficient (Wildman–Crippen LogP) is 4.69. The van der Waals surface area contributed by atoms with Crippen molar-refractivity contribution < 1.29 is 9.53 Å². The van der Waals surface area contributed by atoms with Crippen LogP contribution in [-0.2, 0) is 11.4 Å². The lowest BCUT2D eigenvalue weighted by molar-refractivity contribution is -0.113. The van der Waals surface area contributed by atoms with Crippen molar-refractivity contribution in [2.75, 3.05) is 11.1 Å². The van der Waals surface area contributed by atoms with Crippen LogP contribution in [0.25, 0.3) is 0 Å². The number of benzene rings is 2. The van der Waals surface area contributed by atoms with Gasteiger partial charge >= 0.3 is 0 Å². The lowest BCUT2D eigenvalue weighted by Gasteiger charge is -2.06. The predicted molar refractivity (Wildman–Crippen MR) is 112 cm³/mol. The molecule has 8 heteroatoms. The largest absolute Gasteiger partial charge is 0.486 e. The number of rotatable bonds is 7. The van der Waals surface area contributed by atoms with Crippen molar-refractivity contribution in [3.05, 3.63) is 63.9 Å². The molecule has 3 aromatic rings. The van der Waals surface area contributed by atoms with Crippen LogP contribution in [0, 0.1) is 20.8 Å². The Hall–Kier alpha value is -2.51. The second kappa shape index (κ2) is 9.12. The van der Waals surface area contributed by atoms with Gasteiger partial charge in [-0.1, -0.05) is 29.4 Å². The van der Waals surface area contributed by atoms with Crippen molar-refractivity contribution >= 4 is 35.0 Å². The van der Waals surface area contributed by atoms with Crippen LogP contribution in [0.4, 0.5) is 5.69 Å². The van der Waals surface area contributed by atoms with E-state index >= 15 is 0 Å². The summed E-state index contributed by atoms with van der Waals surface area (Å²) in [6.45, 7) is 6.17. The monoisotopic (exact) mass is 416 g/mol. The highest BCUT2D eigenvalue weighted by Crippen LogP contribution is 2.22. The number of nitrogens with one attached hydrogen (secondary N) is 2. The summed E-state index contributed by atoms with van der Waals surface area (Å²) in [5.41, 5.74) is 3.96. The number of aryl methyl sites for hydroxylation is 3. The minimum Gasteiger partial charge on any atom is -0.486 e. The molecule has 0 saturated carbocycles. The summed E-state index contributed by atoms with van der Waals surface area (Å²) in [5, 5.41) is 11.0. The van der Waals surface area contributed by atoms with E-state index in [0.717, 1.165) is 22.4 Å². The molecular weight excluding hydrogens is 396 g/mol. The third-order valence-electron chi connectivity index (χ3n) is 3.85. The Kier molecular flexibility index (Phi) is 6.59. The van der Waals surface area contributed by atoms with Crippen LogP contribution < -0.4 is 10.1 Å². The Morgan fingerprint density at radius 3 is 2.64 bits per heavy atom. The summed E-state index contributed by atoms with van der Waals surface area (Å²) < 4.78 is 5.69. The highest BCUT2D eigenvalue weighted by Gasteiger charge is 2.09. The molecule has 0 fully saturated rings. The van der Waals surface area contributed by atoms with E-state index < -0.39 is 0 Å². The van der Waals surface area contributed by atoms with Crippen LogP contribution in [0.3, 0.4) is 0 Å². The molecule has 0 aliphatic rings. The third kappa shape index (κ3) is 5.74. The standard InChI is InChI=1S/C20H21ClN4O2S/c1-12-6-13(2)8-15(7-12)22-19(26)11-28-20-23-18(24-25-20)10-27-16-4-5-17(21)14(3)9-16/h4-9H,10-11H2,1-3H3,(H,22,26)(H,23,24,25). The fraction of sp³-hybridized carbons (Fsp3) is 0.250. The normalized spacial score (nSPS) is 10.7. The van der Waals surface area contributed by atoms with Gasteiger partial charge in [0.1, 0.15) is 12.4 Å². The van der Waals surface area contributed by atoms with E-state index in [-0.39, 0.29) is 18.3 Å². The maximum atomic E-state index is 12.2. The molecule has 2 aromatic carbocycles. The Balaban J connectivity index is 1.48. The van der Waals surface area contributed by atoms with Crippen LogP contribution in [0.2, 0.25) is 5.02 Å². The number of carbonyl (C=O) groups excluding carboxylic acids is 1. The van der Waals surface area contributed by atoms with Crippen LogP contribution in [0.15, 0.2) is 41.6 Å². The summed E-state index contributed by atoms with van der Waals surface area (Å²) in [6, 6.07) is 11.4. The fourth-order valence-electron chi connectivity index (χ4n) is 2.64. The molecule has 0 aliphatic carbocycles. The molecule has 2 N–H and O–H groups in total. The molecule has 0 saturated heterocycles. The smallest absolute Gasteiger partial charge is 0.234 e. The fourth-order valence-corrected chi connectivity index (χ4v) is 3.37. The molecule has 3 rings (SSSR count). The lowest BCUT2D eigenvalue weighted by Crippen LogP contribution is -2.14. The molecule has 28 heavy (non-hydrogen) atoms. The van der Waals surface area contributed by atoms with E-state index in [4.69, 9.17) is 16.3 Å². The third-order valence-corrected chi connectivity index (χ3v) is 5.13. The highest BCUT2D eigenvalue weighted by molar-refractivity contribution is 7.99. The van der Waals surface area contributed by atoms with Gasteiger partial charge in [-0.05, 0) is 67.8 Å². The van der Waals surface area contributed by atoms with Gasteiger partial charge < -0.3 is 10.1 Å². The van der Waals surface area contributed by atoms with Gasteiger partial charge in [-0.2, -0.15) is 0 Å². The first-order valence-corrected chi connectivity index (χ1v) is 10.1. The molecule has 1 heterocycles. The maximum absolute atomic E-state index is 12.2. The number of nitrogens with zero attached hydrogens (tertiary/aromatic N) is 2. The Bertz CT molecular complexity index is 970. The summed E-state index contributed by atoms with van der Waals surface area (Å²) in [7, 11) is 0. The van der Waals surface area contributed by atoms with Gasteiger partial charge in [-0.25, -0.2) is 4.98 Å². The number of H-pyrrole nitrogens is 1. The zero-order chi connectivity index (χ0) is 20.1. The molecule has 0 bridgehead atoms. The summed E-state index contributed by atoms with van der Waals surface area (Å²) in [6.07, 6.45) is 0. The number of hydrogen-bond acceptors (Lipinski definition) is 5. The minimum atomic E-state index is -0.103. The number of carbonyl (C=O) groups is 1. The van der Waals surface area contributed by atoms with Crippen molar-refractivity contribution in [3.8, 4) is 5.75 Å². The summed E-state index contributed by atoms with van der Waals surface area (Å²) in [4.78, 5) is 16.5. The van der Waals surface area contributed by atoms with Crippen molar-refractivity contribution in [2.24, 2.45) is 0 Å². The minimum absolute atomic E-state index is 0.103. The molecule has 1 aromatic heterocycles. The van der Waals surface area contributed by atoms with Crippen LogP contribution in [0.1, 0.15) is 22.5 Å². The van der Waals surface area contributed by atoms with Crippen LogP contribution >= 0.6 is 23.4 Å². The second-order valence-corrected chi connectivity index (χ2v) is 7.83. The van der Waals surface area contributed by atoms with Gasteiger partial charge in [0, 0.05) is 10.7 Å². The average molecular weight is 417 g/mol. The topological polar surface area (TPSA) is 79.9 Å². The molecule has 0 unspecified atom stereocenters. The van der Waals surface area contributed by atoms with E-state index in [1.54, 1.807) is 12.1 Å². The van der Waals surface area contributed by atoms with Crippen LogP contribution in [0.5, 0.6) is 5.75 Å². The van der Waals surface area contributed by atoms with Gasteiger partial charge in [0.25, 0.3) is 0 Å². The van der Waals surface area contributed by atoms with Gasteiger partial charge in [-0.15, -0.1) is 5.10 Å². The summed E-state index contributed by atoms with van der Waals surface area (Å²) >= 11 is 7.27. The molecule has 146 valence electrons.